The van der Waals surface area contributed by atoms with Crippen molar-refractivity contribution in [2.24, 2.45) is 0 Å². The van der Waals surface area contributed by atoms with Gasteiger partial charge in [0, 0.05) is 4.47 Å². The summed E-state index contributed by atoms with van der Waals surface area (Å²) in [6.07, 6.45) is 0. The lowest BCUT2D eigenvalue weighted by atomic mass is 10.2. The zero-order valence-corrected chi connectivity index (χ0v) is 13.6. The molecule has 0 atom stereocenters. The molecule has 2 aromatic rings. The fourth-order valence-corrected chi connectivity index (χ4v) is 2.13. The Labute approximate surface area is 135 Å². The fraction of sp³-hybridized carbons (Fsp3) is 0.133. The normalized spacial score (nSPS) is 10.2. The minimum absolute atomic E-state index is 0.302. The molecule has 0 fully saturated rings. The number of rotatable bonds is 4. The lowest BCUT2D eigenvalue weighted by Crippen LogP contribution is -2.05. The number of benzene rings is 2. The first-order valence-electron chi connectivity index (χ1n) is 6.20. The number of esters is 1. The summed E-state index contributed by atoms with van der Waals surface area (Å²) in [5, 5.41) is 0.444. The molecule has 2 N–H and O–H groups in total. The zero-order chi connectivity index (χ0) is 15.4. The smallest absolute Gasteiger partial charge is 0.338 e. The highest BCUT2D eigenvalue weighted by atomic mass is 79.9. The van der Waals surface area contributed by atoms with Crippen LogP contribution in [0.5, 0.6) is 11.5 Å². The second-order valence-electron chi connectivity index (χ2n) is 4.15. The Morgan fingerprint density at radius 3 is 2.71 bits per heavy atom. The van der Waals surface area contributed by atoms with Gasteiger partial charge in [-0.05, 0) is 43.3 Å². The van der Waals surface area contributed by atoms with Gasteiger partial charge in [0.2, 0.25) is 0 Å². The minimum Gasteiger partial charge on any atom is -0.462 e. The monoisotopic (exact) mass is 369 g/mol. The van der Waals surface area contributed by atoms with Gasteiger partial charge in [-0.3, -0.25) is 0 Å². The largest absolute Gasteiger partial charge is 0.462 e. The molecule has 2 rings (SSSR count). The molecule has 0 aliphatic carbocycles. The Balaban J connectivity index is 2.33. The van der Waals surface area contributed by atoms with Gasteiger partial charge in [-0.25, -0.2) is 4.79 Å². The van der Waals surface area contributed by atoms with Crippen LogP contribution in [0.3, 0.4) is 0 Å². The summed E-state index contributed by atoms with van der Waals surface area (Å²) in [7, 11) is 0. The Morgan fingerprint density at radius 1 is 1.24 bits per heavy atom. The lowest BCUT2D eigenvalue weighted by Gasteiger charge is -2.11. The van der Waals surface area contributed by atoms with Crippen molar-refractivity contribution in [2.45, 2.75) is 6.92 Å². The van der Waals surface area contributed by atoms with Crippen molar-refractivity contribution in [1.82, 2.24) is 0 Å². The lowest BCUT2D eigenvalue weighted by molar-refractivity contribution is 0.0526. The van der Waals surface area contributed by atoms with Crippen molar-refractivity contribution < 1.29 is 14.3 Å². The van der Waals surface area contributed by atoms with Gasteiger partial charge in [0.05, 0.1) is 22.9 Å². The summed E-state index contributed by atoms with van der Waals surface area (Å²) in [6, 6.07) is 9.93. The van der Waals surface area contributed by atoms with Gasteiger partial charge in [-0.15, -0.1) is 0 Å². The van der Waals surface area contributed by atoms with Crippen molar-refractivity contribution >= 4 is 39.2 Å². The van der Waals surface area contributed by atoms with Crippen LogP contribution in [-0.2, 0) is 4.74 Å². The molecule has 0 aromatic heterocycles. The van der Waals surface area contributed by atoms with Crippen LogP contribution < -0.4 is 10.5 Å². The molecular weight excluding hydrogens is 358 g/mol. The number of carbonyl (C=O) groups excluding carboxylic acids is 1. The van der Waals surface area contributed by atoms with Gasteiger partial charge in [0.1, 0.15) is 5.75 Å². The molecule has 0 amide bonds. The Kier molecular flexibility index (Phi) is 5.09. The van der Waals surface area contributed by atoms with Crippen molar-refractivity contribution in [2.75, 3.05) is 12.3 Å². The Morgan fingerprint density at radius 2 is 2.00 bits per heavy atom. The van der Waals surface area contributed by atoms with Crippen LogP contribution >= 0.6 is 27.5 Å². The number of hydrogen-bond acceptors (Lipinski definition) is 4. The highest BCUT2D eigenvalue weighted by Crippen LogP contribution is 2.35. The van der Waals surface area contributed by atoms with Crippen molar-refractivity contribution in [3.8, 4) is 11.5 Å². The maximum absolute atomic E-state index is 11.7. The topological polar surface area (TPSA) is 61.5 Å². The highest BCUT2D eigenvalue weighted by molar-refractivity contribution is 9.10. The van der Waals surface area contributed by atoms with Crippen LogP contribution in [0.4, 0.5) is 5.69 Å². The molecule has 6 heteroatoms. The van der Waals surface area contributed by atoms with E-state index >= 15 is 0 Å². The van der Waals surface area contributed by atoms with Gasteiger partial charge in [0.15, 0.2) is 5.75 Å². The van der Waals surface area contributed by atoms with Crippen molar-refractivity contribution in [3.63, 3.8) is 0 Å². The van der Waals surface area contributed by atoms with Crippen LogP contribution in [-0.4, -0.2) is 12.6 Å². The quantitative estimate of drug-likeness (QED) is 0.628. The molecule has 21 heavy (non-hydrogen) atoms. The second kappa shape index (κ2) is 6.83. The highest BCUT2D eigenvalue weighted by Gasteiger charge is 2.12. The molecule has 0 aliphatic rings. The van der Waals surface area contributed by atoms with Gasteiger partial charge < -0.3 is 15.2 Å². The van der Waals surface area contributed by atoms with E-state index in [0.29, 0.717) is 34.4 Å². The number of halogens is 2. The predicted octanol–water partition coefficient (Wildman–Crippen LogP) is 4.65. The number of nitrogens with two attached hydrogens (primary N) is 1. The molecule has 0 spiro atoms. The van der Waals surface area contributed by atoms with Gasteiger partial charge in [0.25, 0.3) is 0 Å². The van der Waals surface area contributed by atoms with E-state index in [4.69, 9.17) is 26.8 Å². The average Bonchev–Trinajstić information content (AvgIpc) is 2.45. The molecule has 0 aliphatic heterocycles. The average molecular weight is 371 g/mol. The maximum Gasteiger partial charge on any atom is 0.338 e. The van der Waals surface area contributed by atoms with Crippen molar-refractivity contribution in [3.05, 3.63) is 51.5 Å². The third-order valence-corrected chi connectivity index (χ3v) is 3.44. The number of nitrogen functional groups attached to an aromatic ring is 1. The SMILES string of the molecule is CCOC(=O)c1ccc(N)c(Oc2cc(Br)ccc2Cl)c1. The first-order valence-corrected chi connectivity index (χ1v) is 7.38. The third-order valence-electron chi connectivity index (χ3n) is 2.64. The summed E-state index contributed by atoms with van der Waals surface area (Å²) in [4.78, 5) is 11.7. The molecule has 0 radical (unpaired) electrons. The molecule has 2 aromatic carbocycles. The number of anilines is 1. The van der Waals surface area contributed by atoms with Gasteiger partial charge >= 0.3 is 5.97 Å². The van der Waals surface area contributed by atoms with Gasteiger partial charge in [-0.2, -0.15) is 0 Å². The van der Waals surface area contributed by atoms with E-state index in [1.165, 1.54) is 6.07 Å². The summed E-state index contributed by atoms with van der Waals surface area (Å²) in [6.45, 7) is 2.05. The predicted molar refractivity (Wildman–Crippen MR) is 86.0 cm³/mol. The first-order chi connectivity index (χ1) is 10.0. The minimum atomic E-state index is -0.428. The van der Waals surface area contributed by atoms with Crippen LogP contribution in [0, 0.1) is 0 Å². The second-order valence-corrected chi connectivity index (χ2v) is 5.47. The van der Waals surface area contributed by atoms with Crippen molar-refractivity contribution in [1.29, 1.82) is 0 Å². The summed E-state index contributed by atoms with van der Waals surface area (Å²) in [5.74, 6) is 0.363. The number of ether oxygens (including phenoxy) is 2. The molecule has 0 bridgehead atoms. The molecule has 0 heterocycles. The fourth-order valence-electron chi connectivity index (χ4n) is 1.64. The number of carbonyl (C=O) groups is 1. The van der Waals surface area contributed by atoms with E-state index in [-0.39, 0.29) is 0 Å². The molecule has 0 saturated heterocycles. The standard InChI is InChI=1S/C15H13BrClNO3/c1-2-20-15(19)9-3-6-12(18)14(7-9)21-13-8-10(16)4-5-11(13)17/h3-8H,2,18H2,1H3. The van der Waals surface area contributed by atoms with Crippen LogP contribution in [0.1, 0.15) is 17.3 Å². The Bertz CT molecular complexity index is 676. The molecule has 4 nitrogen and oxygen atoms in total. The van der Waals surface area contributed by atoms with E-state index in [1.807, 2.05) is 0 Å². The van der Waals surface area contributed by atoms with E-state index in [1.54, 1.807) is 37.3 Å². The molecule has 0 saturated carbocycles. The van der Waals surface area contributed by atoms with Crippen LogP contribution in [0.25, 0.3) is 0 Å². The van der Waals surface area contributed by atoms with Crippen LogP contribution in [0.2, 0.25) is 5.02 Å². The summed E-state index contributed by atoms with van der Waals surface area (Å²) in [5.41, 5.74) is 6.64. The maximum atomic E-state index is 11.7. The van der Waals surface area contributed by atoms with Gasteiger partial charge in [-0.1, -0.05) is 27.5 Å². The molecular formula is C15H13BrClNO3. The zero-order valence-electron chi connectivity index (χ0n) is 11.2. The van der Waals surface area contributed by atoms with E-state index in [9.17, 15) is 4.79 Å². The number of hydrogen-bond donors (Lipinski definition) is 1. The van der Waals surface area contributed by atoms with E-state index < -0.39 is 5.97 Å². The first kappa shape index (κ1) is 15.7. The summed E-state index contributed by atoms with van der Waals surface area (Å²) >= 11 is 9.41. The molecule has 0 unspecified atom stereocenters. The van der Waals surface area contributed by atoms with E-state index in [0.717, 1.165) is 4.47 Å². The van der Waals surface area contributed by atoms with E-state index in [2.05, 4.69) is 15.9 Å². The molecule has 110 valence electrons. The Hall–Kier alpha value is -1.72. The van der Waals surface area contributed by atoms with Crippen LogP contribution in [0.15, 0.2) is 40.9 Å². The third kappa shape index (κ3) is 3.89. The summed E-state index contributed by atoms with van der Waals surface area (Å²) < 4.78 is 11.5.